The number of rotatable bonds is 4. The molecule has 4 rings (SSSR count). The Kier molecular flexibility index (Phi) is 4.92. The van der Waals surface area contributed by atoms with E-state index in [-0.39, 0.29) is 12.4 Å². The average Bonchev–Trinajstić information content (AvgIpc) is 2.66. The number of hydrogen-bond donors (Lipinski definition) is 1. The zero-order valence-corrected chi connectivity index (χ0v) is 16.1. The third-order valence-corrected chi connectivity index (χ3v) is 4.86. The van der Waals surface area contributed by atoms with Gasteiger partial charge in [0.1, 0.15) is 0 Å². The average molecular weight is 376 g/mol. The van der Waals surface area contributed by atoms with Crippen LogP contribution in [0.5, 0.6) is 23.0 Å². The van der Waals surface area contributed by atoms with Crippen LogP contribution in [0.25, 0.3) is 21.5 Å². The number of methoxy groups -OCH3 is 4. The predicted octanol–water partition coefficient (Wildman–Crippen LogP) is 4.42. The number of nitrogens with one attached hydrogen (secondary N) is 1. The van der Waals surface area contributed by atoms with Gasteiger partial charge in [-0.1, -0.05) is 0 Å². The van der Waals surface area contributed by atoms with Crippen molar-refractivity contribution in [3.63, 3.8) is 0 Å². The standard InChI is InChI=1S/C20H21NO4.ClH/c1-22-15-9-12-7-14-18-11(5-6-21-14)8-17(24-3)20(25-4)19(18)13(12)10-16(15)23-2;/h7-10,21H,5-6H2,1-4H3;1H. The fraction of sp³-hybridized carbons (Fsp3) is 0.300. The number of halogens is 1. The first-order valence-corrected chi connectivity index (χ1v) is 8.22. The third kappa shape index (κ3) is 2.54. The van der Waals surface area contributed by atoms with Crippen molar-refractivity contribution in [3.8, 4) is 23.0 Å². The van der Waals surface area contributed by atoms with Crippen molar-refractivity contribution >= 4 is 39.6 Å². The molecule has 1 N–H and O–H groups in total. The first-order valence-electron chi connectivity index (χ1n) is 8.22. The molecule has 0 bridgehead atoms. The van der Waals surface area contributed by atoms with Crippen LogP contribution < -0.4 is 24.3 Å². The lowest BCUT2D eigenvalue weighted by Gasteiger charge is -2.24. The first kappa shape index (κ1) is 18.3. The molecule has 1 heterocycles. The number of anilines is 1. The Hall–Kier alpha value is -2.53. The van der Waals surface area contributed by atoms with Crippen molar-refractivity contribution in [2.75, 3.05) is 40.3 Å². The molecule has 0 saturated heterocycles. The molecule has 0 saturated carbocycles. The van der Waals surface area contributed by atoms with Crippen molar-refractivity contribution in [1.82, 2.24) is 0 Å². The van der Waals surface area contributed by atoms with E-state index in [1.807, 2.05) is 12.1 Å². The van der Waals surface area contributed by atoms with Gasteiger partial charge in [0.15, 0.2) is 23.0 Å². The SMILES string of the molecule is COc1cc2cc3c4c(cc(OC)c(OC)c4c2cc1OC)CCN3.Cl. The Balaban J connectivity index is 0.00000196. The fourth-order valence-electron chi connectivity index (χ4n) is 3.74. The zero-order valence-electron chi connectivity index (χ0n) is 15.3. The Labute approximate surface area is 158 Å². The van der Waals surface area contributed by atoms with Crippen molar-refractivity contribution in [2.45, 2.75) is 6.42 Å². The van der Waals surface area contributed by atoms with Gasteiger partial charge in [-0.15, -0.1) is 12.4 Å². The van der Waals surface area contributed by atoms with Gasteiger partial charge in [-0.3, -0.25) is 0 Å². The highest BCUT2D eigenvalue weighted by molar-refractivity contribution is 6.18. The fourth-order valence-corrected chi connectivity index (χ4v) is 3.74. The molecule has 6 heteroatoms. The van der Waals surface area contributed by atoms with Gasteiger partial charge in [-0.05, 0) is 47.0 Å². The second-order valence-electron chi connectivity index (χ2n) is 6.05. The summed E-state index contributed by atoms with van der Waals surface area (Å²) in [6.07, 6.45) is 0.947. The predicted molar refractivity (Wildman–Crippen MR) is 107 cm³/mol. The van der Waals surface area contributed by atoms with Crippen molar-refractivity contribution in [1.29, 1.82) is 0 Å². The van der Waals surface area contributed by atoms with Crippen molar-refractivity contribution < 1.29 is 18.9 Å². The number of benzene rings is 3. The zero-order chi connectivity index (χ0) is 17.6. The molecule has 0 aliphatic carbocycles. The Bertz CT molecular complexity index is 987. The molecule has 3 aromatic carbocycles. The molecule has 0 aromatic heterocycles. The largest absolute Gasteiger partial charge is 0.493 e. The second kappa shape index (κ2) is 7.00. The summed E-state index contributed by atoms with van der Waals surface area (Å²) in [6.45, 7) is 0.899. The van der Waals surface area contributed by atoms with Crippen LogP contribution in [-0.4, -0.2) is 35.0 Å². The van der Waals surface area contributed by atoms with E-state index in [2.05, 4.69) is 17.4 Å². The summed E-state index contributed by atoms with van der Waals surface area (Å²) >= 11 is 0. The maximum atomic E-state index is 5.74. The van der Waals surface area contributed by atoms with Gasteiger partial charge >= 0.3 is 0 Å². The second-order valence-corrected chi connectivity index (χ2v) is 6.05. The third-order valence-electron chi connectivity index (χ3n) is 4.86. The summed E-state index contributed by atoms with van der Waals surface area (Å²) in [5.74, 6) is 2.89. The summed E-state index contributed by atoms with van der Waals surface area (Å²) < 4.78 is 22.3. The molecule has 26 heavy (non-hydrogen) atoms. The van der Waals surface area contributed by atoms with Crippen LogP contribution >= 0.6 is 12.4 Å². The molecule has 138 valence electrons. The molecule has 0 fully saturated rings. The minimum atomic E-state index is 0. The summed E-state index contributed by atoms with van der Waals surface area (Å²) in [5, 5.41) is 7.84. The van der Waals surface area contributed by atoms with Gasteiger partial charge in [0, 0.05) is 23.0 Å². The maximum absolute atomic E-state index is 5.74. The Morgan fingerprint density at radius 1 is 0.769 bits per heavy atom. The van der Waals surface area contributed by atoms with Gasteiger partial charge in [0.05, 0.1) is 28.4 Å². The van der Waals surface area contributed by atoms with Gasteiger partial charge in [0.25, 0.3) is 0 Å². The van der Waals surface area contributed by atoms with E-state index in [1.165, 1.54) is 10.9 Å². The number of ether oxygens (including phenoxy) is 4. The molecular weight excluding hydrogens is 354 g/mol. The topological polar surface area (TPSA) is 49.0 Å². The molecule has 3 aromatic rings. The lowest BCUT2D eigenvalue weighted by atomic mass is 9.91. The smallest absolute Gasteiger partial charge is 0.169 e. The molecule has 5 nitrogen and oxygen atoms in total. The normalized spacial score (nSPS) is 12.3. The first-order chi connectivity index (χ1) is 12.2. The lowest BCUT2D eigenvalue weighted by Crippen LogP contribution is -2.12. The maximum Gasteiger partial charge on any atom is 0.169 e. The van der Waals surface area contributed by atoms with Crippen LogP contribution in [0, 0.1) is 0 Å². The van der Waals surface area contributed by atoms with E-state index < -0.39 is 0 Å². The van der Waals surface area contributed by atoms with E-state index in [0.29, 0.717) is 11.5 Å². The highest BCUT2D eigenvalue weighted by atomic mass is 35.5. The van der Waals surface area contributed by atoms with Gasteiger partial charge in [-0.2, -0.15) is 0 Å². The van der Waals surface area contributed by atoms with Crippen LogP contribution in [0.1, 0.15) is 5.56 Å². The summed E-state index contributed by atoms with van der Waals surface area (Å²) in [7, 11) is 6.64. The van der Waals surface area contributed by atoms with Crippen LogP contribution in [0.15, 0.2) is 24.3 Å². The number of hydrogen-bond acceptors (Lipinski definition) is 5. The van der Waals surface area contributed by atoms with E-state index in [1.54, 1.807) is 28.4 Å². The van der Waals surface area contributed by atoms with Crippen LogP contribution in [0.2, 0.25) is 0 Å². The molecule has 0 radical (unpaired) electrons. The van der Waals surface area contributed by atoms with Gasteiger partial charge in [-0.25, -0.2) is 0 Å². The highest BCUT2D eigenvalue weighted by Crippen LogP contribution is 2.48. The summed E-state index contributed by atoms with van der Waals surface area (Å²) in [4.78, 5) is 0. The quantitative estimate of drug-likeness (QED) is 0.684. The van der Waals surface area contributed by atoms with E-state index in [4.69, 9.17) is 18.9 Å². The molecular formula is C20H22ClNO4. The van der Waals surface area contributed by atoms with Crippen LogP contribution in [-0.2, 0) is 6.42 Å². The Morgan fingerprint density at radius 2 is 1.46 bits per heavy atom. The minimum Gasteiger partial charge on any atom is -0.493 e. The van der Waals surface area contributed by atoms with Gasteiger partial charge < -0.3 is 24.3 Å². The number of fused-ring (bicyclic) bond motifs is 2. The van der Waals surface area contributed by atoms with Gasteiger partial charge in [0.2, 0.25) is 0 Å². The Morgan fingerprint density at radius 3 is 2.12 bits per heavy atom. The summed E-state index contributed by atoms with van der Waals surface area (Å²) in [6, 6.07) is 8.25. The van der Waals surface area contributed by atoms with E-state index in [0.717, 1.165) is 46.3 Å². The summed E-state index contributed by atoms with van der Waals surface area (Å²) in [5.41, 5.74) is 2.37. The molecule has 0 atom stereocenters. The van der Waals surface area contributed by atoms with E-state index >= 15 is 0 Å². The van der Waals surface area contributed by atoms with E-state index in [9.17, 15) is 0 Å². The minimum absolute atomic E-state index is 0. The monoisotopic (exact) mass is 375 g/mol. The van der Waals surface area contributed by atoms with Crippen LogP contribution in [0.4, 0.5) is 5.69 Å². The molecule has 0 amide bonds. The molecule has 1 aliphatic rings. The molecule has 1 aliphatic heterocycles. The van der Waals surface area contributed by atoms with Crippen molar-refractivity contribution in [3.05, 3.63) is 29.8 Å². The molecule has 0 spiro atoms. The van der Waals surface area contributed by atoms with Crippen LogP contribution in [0.3, 0.4) is 0 Å². The van der Waals surface area contributed by atoms with Crippen molar-refractivity contribution in [2.24, 2.45) is 0 Å². The lowest BCUT2D eigenvalue weighted by molar-refractivity contribution is 0.355. The molecule has 0 unspecified atom stereocenters. The highest BCUT2D eigenvalue weighted by Gasteiger charge is 2.22.